The Hall–Kier alpha value is -3.08. The number of carbonyl (C=O) groups is 2. The molecule has 5 heteroatoms. The Morgan fingerprint density at radius 3 is 2.42 bits per heavy atom. The summed E-state index contributed by atoms with van der Waals surface area (Å²) in [5, 5.41) is 10.7. The fraction of sp³-hybridized carbons (Fsp3) is 0.385. The first-order valence-electron chi connectivity index (χ1n) is 11.0. The van der Waals surface area contributed by atoms with Gasteiger partial charge in [-0.25, -0.2) is 4.79 Å². The van der Waals surface area contributed by atoms with Crippen molar-refractivity contribution in [1.82, 2.24) is 9.47 Å². The van der Waals surface area contributed by atoms with Crippen LogP contribution in [0.5, 0.6) is 0 Å². The van der Waals surface area contributed by atoms with Crippen LogP contribution in [0.15, 0.2) is 42.5 Å². The van der Waals surface area contributed by atoms with Crippen LogP contribution in [-0.2, 0) is 11.3 Å². The fourth-order valence-electron chi connectivity index (χ4n) is 4.88. The van der Waals surface area contributed by atoms with Crippen LogP contribution in [0.25, 0.3) is 22.2 Å². The zero-order chi connectivity index (χ0) is 22.1. The number of hydrogen-bond acceptors (Lipinski definition) is 2. The number of fused-ring (bicyclic) bond motifs is 1. The zero-order valence-electron chi connectivity index (χ0n) is 18.5. The molecule has 162 valence electrons. The summed E-state index contributed by atoms with van der Waals surface area (Å²) < 4.78 is 2.05. The third kappa shape index (κ3) is 3.97. The number of aromatic nitrogens is 1. The number of nitrogens with zero attached hydrogens (tertiary/aromatic N) is 2. The van der Waals surface area contributed by atoms with Crippen LogP contribution in [0.3, 0.4) is 0 Å². The molecule has 2 aromatic carbocycles. The van der Waals surface area contributed by atoms with Gasteiger partial charge in [0.1, 0.15) is 6.54 Å². The minimum atomic E-state index is -0.953. The number of hydrogen-bond donors (Lipinski definition) is 1. The smallest absolute Gasteiger partial charge is 0.335 e. The van der Waals surface area contributed by atoms with Crippen LogP contribution in [0.2, 0.25) is 0 Å². The molecule has 31 heavy (non-hydrogen) atoms. The van der Waals surface area contributed by atoms with Gasteiger partial charge in [0.05, 0.1) is 16.8 Å². The minimum Gasteiger partial charge on any atom is -0.478 e. The van der Waals surface area contributed by atoms with Gasteiger partial charge in [0.2, 0.25) is 5.91 Å². The van der Waals surface area contributed by atoms with E-state index in [4.69, 9.17) is 0 Å². The number of rotatable bonds is 5. The highest BCUT2D eigenvalue weighted by atomic mass is 16.4. The van der Waals surface area contributed by atoms with E-state index >= 15 is 0 Å². The maximum Gasteiger partial charge on any atom is 0.335 e. The Kier molecular flexibility index (Phi) is 5.86. The van der Waals surface area contributed by atoms with Crippen LogP contribution in [0.4, 0.5) is 0 Å². The van der Waals surface area contributed by atoms with Gasteiger partial charge in [-0.05, 0) is 48.9 Å². The lowest BCUT2D eigenvalue weighted by atomic mass is 9.81. The first-order chi connectivity index (χ1) is 14.9. The highest BCUT2D eigenvalue weighted by molar-refractivity contribution is 5.99. The summed E-state index contributed by atoms with van der Waals surface area (Å²) in [6.07, 6.45) is 5.92. The van der Waals surface area contributed by atoms with Crippen molar-refractivity contribution in [3.63, 3.8) is 0 Å². The van der Waals surface area contributed by atoms with Crippen molar-refractivity contribution in [1.29, 1.82) is 0 Å². The standard InChI is InChI=1S/C26H30N2O3/c1-17-9-7-8-12-20(17)25-24(18-10-5-4-6-11-18)21-14-13-19(26(30)31)15-22(21)28(25)16-23(29)27(2)3/h7-9,12-15,18H,4-6,10-11,16H2,1-3H3,(H,30,31). The molecule has 1 aromatic heterocycles. The largest absolute Gasteiger partial charge is 0.478 e. The highest BCUT2D eigenvalue weighted by Crippen LogP contribution is 2.45. The summed E-state index contributed by atoms with van der Waals surface area (Å²) in [5.41, 5.74) is 5.68. The first kappa shape index (κ1) is 21.2. The fourth-order valence-corrected chi connectivity index (χ4v) is 4.88. The lowest BCUT2D eigenvalue weighted by Gasteiger charge is -2.24. The molecule has 0 radical (unpaired) electrons. The summed E-state index contributed by atoms with van der Waals surface area (Å²) in [5.74, 6) is -0.551. The van der Waals surface area contributed by atoms with Crippen LogP contribution in [0, 0.1) is 6.92 Å². The van der Waals surface area contributed by atoms with Crippen LogP contribution in [0.1, 0.15) is 59.5 Å². The molecule has 3 aromatic rings. The van der Waals surface area contributed by atoms with Gasteiger partial charge in [-0.1, -0.05) is 49.6 Å². The summed E-state index contributed by atoms with van der Waals surface area (Å²) in [6, 6.07) is 13.6. The van der Waals surface area contributed by atoms with E-state index in [1.807, 2.05) is 18.2 Å². The first-order valence-corrected chi connectivity index (χ1v) is 11.0. The Bertz CT molecular complexity index is 1140. The van der Waals surface area contributed by atoms with Crippen molar-refractivity contribution < 1.29 is 14.7 Å². The summed E-state index contributed by atoms with van der Waals surface area (Å²) in [6.45, 7) is 2.28. The number of aromatic carboxylic acids is 1. The van der Waals surface area contributed by atoms with Gasteiger partial charge in [0.15, 0.2) is 0 Å². The van der Waals surface area contributed by atoms with E-state index in [0.717, 1.165) is 40.6 Å². The second-order valence-electron chi connectivity index (χ2n) is 8.82. The molecule has 1 N–H and O–H groups in total. The minimum absolute atomic E-state index is 0.0114. The van der Waals surface area contributed by atoms with E-state index in [-0.39, 0.29) is 18.0 Å². The molecule has 1 aliphatic carbocycles. The van der Waals surface area contributed by atoms with Crippen molar-refractivity contribution in [3.8, 4) is 11.3 Å². The van der Waals surface area contributed by atoms with E-state index in [9.17, 15) is 14.7 Å². The van der Waals surface area contributed by atoms with Crippen molar-refractivity contribution in [3.05, 3.63) is 59.2 Å². The molecule has 4 rings (SSSR count). The predicted octanol–water partition coefficient (Wildman–Crippen LogP) is 5.45. The number of likely N-dealkylation sites (N-methyl/N-ethyl adjacent to an activating group) is 1. The van der Waals surface area contributed by atoms with Crippen molar-refractivity contribution in [2.45, 2.75) is 51.5 Å². The van der Waals surface area contributed by atoms with Gasteiger partial charge < -0.3 is 14.6 Å². The molecule has 1 aliphatic rings. The lowest BCUT2D eigenvalue weighted by molar-refractivity contribution is -0.129. The number of amides is 1. The SMILES string of the molecule is Cc1ccccc1-c1c(C2CCCCC2)c2ccc(C(=O)O)cc2n1CC(=O)N(C)C. The zero-order valence-corrected chi connectivity index (χ0v) is 18.5. The third-order valence-corrected chi connectivity index (χ3v) is 6.56. The number of carboxylic acid groups (broad SMARTS) is 1. The van der Waals surface area contributed by atoms with Gasteiger partial charge in [0, 0.05) is 25.0 Å². The van der Waals surface area contributed by atoms with Gasteiger partial charge >= 0.3 is 5.97 Å². The molecule has 1 saturated carbocycles. The number of carbonyl (C=O) groups excluding carboxylic acids is 1. The van der Waals surface area contributed by atoms with Crippen molar-refractivity contribution in [2.75, 3.05) is 14.1 Å². The van der Waals surface area contributed by atoms with E-state index in [2.05, 4.69) is 23.6 Å². The third-order valence-electron chi connectivity index (χ3n) is 6.56. The lowest BCUT2D eigenvalue weighted by Crippen LogP contribution is -2.26. The Balaban J connectivity index is 2.07. The maximum atomic E-state index is 12.8. The number of benzene rings is 2. The molecule has 0 unspecified atom stereocenters. The maximum absolute atomic E-state index is 12.8. The molecule has 1 fully saturated rings. The highest BCUT2D eigenvalue weighted by Gasteiger charge is 2.28. The molecule has 5 nitrogen and oxygen atoms in total. The van der Waals surface area contributed by atoms with E-state index < -0.39 is 5.97 Å². The van der Waals surface area contributed by atoms with Crippen molar-refractivity contribution >= 4 is 22.8 Å². The second kappa shape index (κ2) is 8.58. The molecular weight excluding hydrogens is 388 g/mol. The molecular formula is C26H30N2O3. The predicted molar refractivity (Wildman–Crippen MR) is 124 cm³/mol. The van der Waals surface area contributed by atoms with E-state index in [1.54, 1.807) is 31.1 Å². The molecule has 0 atom stereocenters. The van der Waals surface area contributed by atoms with E-state index in [0.29, 0.717) is 5.92 Å². The van der Waals surface area contributed by atoms with Crippen LogP contribution < -0.4 is 0 Å². The van der Waals surface area contributed by atoms with Crippen LogP contribution in [-0.4, -0.2) is 40.5 Å². The molecule has 0 bridgehead atoms. The Morgan fingerprint density at radius 2 is 1.77 bits per heavy atom. The summed E-state index contributed by atoms with van der Waals surface area (Å²) >= 11 is 0. The molecule has 1 heterocycles. The molecule has 1 amide bonds. The molecule has 0 saturated heterocycles. The molecule has 0 aliphatic heterocycles. The van der Waals surface area contributed by atoms with Crippen LogP contribution >= 0.6 is 0 Å². The average Bonchev–Trinajstić information content (AvgIpc) is 3.07. The second-order valence-corrected chi connectivity index (χ2v) is 8.82. The van der Waals surface area contributed by atoms with Crippen molar-refractivity contribution in [2.24, 2.45) is 0 Å². The van der Waals surface area contributed by atoms with Gasteiger partial charge in [-0.15, -0.1) is 0 Å². The van der Waals surface area contributed by atoms with E-state index in [1.165, 1.54) is 24.8 Å². The average molecular weight is 419 g/mol. The van der Waals surface area contributed by atoms with Gasteiger partial charge in [-0.3, -0.25) is 4.79 Å². The Labute approximate surface area is 183 Å². The normalized spacial score (nSPS) is 14.7. The summed E-state index contributed by atoms with van der Waals surface area (Å²) in [4.78, 5) is 26.1. The van der Waals surface area contributed by atoms with Gasteiger partial charge in [0.25, 0.3) is 0 Å². The number of aryl methyl sites for hydroxylation is 1. The van der Waals surface area contributed by atoms with Gasteiger partial charge in [-0.2, -0.15) is 0 Å². The molecule has 0 spiro atoms. The monoisotopic (exact) mass is 418 g/mol. The number of carboxylic acids is 1. The topological polar surface area (TPSA) is 62.5 Å². The Morgan fingerprint density at radius 1 is 1.06 bits per heavy atom. The quantitative estimate of drug-likeness (QED) is 0.599. The summed E-state index contributed by atoms with van der Waals surface area (Å²) in [7, 11) is 3.51.